The van der Waals surface area contributed by atoms with Crippen LogP contribution in [-0.4, -0.2) is 42.6 Å². The molecule has 2 rings (SSSR count). The van der Waals surface area contributed by atoms with Crippen LogP contribution in [0.5, 0.6) is 0 Å². The highest BCUT2D eigenvalue weighted by Crippen LogP contribution is 2.33. The maximum Gasteiger partial charge on any atom is 0.410 e. The normalized spacial score (nSPS) is 18.8. The van der Waals surface area contributed by atoms with Crippen LogP contribution in [-0.2, 0) is 16.1 Å². The van der Waals surface area contributed by atoms with Gasteiger partial charge in [-0.3, -0.25) is 4.79 Å². The number of halogens is 1. The van der Waals surface area contributed by atoms with Crippen molar-refractivity contribution in [2.24, 2.45) is 5.92 Å². The average Bonchev–Trinajstić information content (AvgIpc) is 2.72. The number of Topliss-reactive ketones (excluding diaryl/α,β-unsaturated/α-hetero) is 1. The van der Waals surface area contributed by atoms with Crippen LogP contribution in [0.4, 0.5) is 4.79 Å². The first-order chi connectivity index (χ1) is 11.7. The number of thiophene rings is 1. The smallest absolute Gasteiger partial charge is 0.410 e. The number of ketones is 1. The lowest BCUT2D eigenvalue weighted by molar-refractivity contribution is 0.0254. The molecular weight excluding hydrogens is 406 g/mol. The van der Waals surface area contributed by atoms with E-state index >= 15 is 0 Å². The fourth-order valence-corrected chi connectivity index (χ4v) is 4.76. The van der Waals surface area contributed by atoms with E-state index in [2.05, 4.69) is 15.9 Å². The molecule has 7 heteroatoms. The van der Waals surface area contributed by atoms with Gasteiger partial charge in [-0.05, 0) is 62.0 Å². The first kappa shape index (κ1) is 20.4. The molecule has 1 fully saturated rings. The summed E-state index contributed by atoms with van der Waals surface area (Å²) in [4.78, 5) is 28.6. The summed E-state index contributed by atoms with van der Waals surface area (Å²) in [5.74, 6) is 0.100. The Morgan fingerprint density at radius 2 is 2.04 bits per heavy atom. The standard InChI is InChI=1S/C18H26BrNO4S/c1-18(2,3)24-17(22)20-8-5-6-12(7-9-20)15(21)16-14(19)10-13(25-16)11-23-4/h10,12H,5-9,11H2,1-4H3. The van der Waals surface area contributed by atoms with Gasteiger partial charge in [-0.25, -0.2) is 4.79 Å². The van der Waals surface area contributed by atoms with Gasteiger partial charge in [-0.1, -0.05) is 0 Å². The van der Waals surface area contributed by atoms with Crippen LogP contribution in [0.2, 0.25) is 0 Å². The molecule has 1 aliphatic heterocycles. The summed E-state index contributed by atoms with van der Waals surface area (Å²) >= 11 is 4.97. The van der Waals surface area contributed by atoms with Crippen LogP contribution >= 0.6 is 27.3 Å². The monoisotopic (exact) mass is 431 g/mol. The van der Waals surface area contributed by atoms with Crippen molar-refractivity contribution in [2.75, 3.05) is 20.2 Å². The molecule has 2 heterocycles. The molecule has 1 unspecified atom stereocenters. The summed E-state index contributed by atoms with van der Waals surface area (Å²) < 4.78 is 11.4. The number of nitrogens with zero attached hydrogens (tertiary/aromatic N) is 1. The topological polar surface area (TPSA) is 55.8 Å². The molecule has 140 valence electrons. The predicted molar refractivity (Wildman–Crippen MR) is 102 cm³/mol. The van der Waals surface area contributed by atoms with E-state index in [-0.39, 0.29) is 17.8 Å². The molecule has 0 aliphatic carbocycles. The number of likely N-dealkylation sites (tertiary alicyclic amines) is 1. The number of hydrogen-bond donors (Lipinski definition) is 0. The predicted octanol–water partition coefficient (Wildman–Crippen LogP) is 4.88. The Morgan fingerprint density at radius 3 is 2.68 bits per heavy atom. The molecule has 1 aliphatic rings. The van der Waals surface area contributed by atoms with Crippen LogP contribution < -0.4 is 0 Å². The largest absolute Gasteiger partial charge is 0.444 e. The third-order valence-electron chi connectivity index (χ3n) is 4.00. The molecule has 0 bridgehead atoms. The number of carbonyl (C=O) groups is 2. The summed E-state index contributed by atoms with van der Waals surface area (Å²) in [5, 5.41) is 0. The first-order valence-corrected chi connectivity index (χ1v) is 10.1. The minimum Gasteiger partial charge on any atom is -0.444 e. The third-order valence-corrected chi connectivity index (χ3v) is 6.01. The molecule has 0 saturated carbocycles. The summed E-state index contributed by atoms with van der Waals surface area (Å²) in [6.07, 6.45) is 1.98. The van der Waals surface area contributed by atoms with Crippen molar-refractivity contribution in [3.05, 3.63) is 20.3 Å². The minimum absolute atomic E-state index is 0.0576. The fourth-order valence-electron chi connectivity index (χ4n) is 2.85. The highest BCUT2D eigenvalue weighted by atomic mass is 79.9. The second-order valence-corrected chi connectivity index (χ2v) is 9.27. The second-order valence-electron chi connectivity index (χ2n) is 7.28. The maximum absolute atomic E-state index is 12.9. The molecule has 1 amide bonds. The van der Waals surface area contributed by atoms with E-state index in [1.54, 1.807) is 12.0 Å². The van der Waals surface area contributed by atoms with Gasteiger partial charge in [0.25, 0.3) is 0 Å². The minimum atomic E-state index is -0.502. The summed E-state index contributed by atoms with van der Waals surface area (Å²) in [5.41, 5.74) is -0.502. The van der Waals surface area contributed by atoms with Gasteiger partial charge in [0.1, 0.15) is 5.60 Å². The zero-order chi connectivity index (χ0) is 18.6. The van der Waals surface area contributed by atoms with Gasteiger partial charge in [0.05, 0.1) is 11.5 Å². The Kier molecular flexibility index (Phi) is 7.05. The van der Waals surface area contributed by atoms with E-state index in [1.165, 1.54) is 11.3 Å². The van der Waals surface area contributed by atoms with Gasteiger partial charge in [0.2, 0.25) is 0 Å². The van der Waals surface area contributed by atoms with E-state index < -0.39 is 5.60 Å². The summed E-state index contributed by atoms with van der Waals surface area (Å²) in [7, 11) is 1.64. The molecule has 1 saturated heterocycles. The fraction of sp³-hybridized carbons (Fsp3) is 0.667. The van der Waals surface area contributed by atoms with Gasteiger partial charge in [0, 0.05) is 35.5 Å². The van der Waals surface area contributed by atoms with Gasteiger partial charge in [-0.15, -0.1) is 11.3 Å². The first-order valence-electron chi connectivity index (χ1n) is 8.50. The lowest BCUT2D eigenvalue weighted by Gasteiger charge is -2.26. The Bertz CT molecular complexity index is 623. The average molecular weight is 432 g/mol. The number of carbonyl (C=O) groups excluding carboxylic acids is 2. The molecular formula is C18H26BrNO4S. The van der Waals surface area contributed by atoms with Crippen molar-refractivity contribution in [3.63, 3.8) is 0 Å². The molecule has 0 spiro atoms. The zero-order valence-electron chi connectivity index (χ0n) is 15.3. The number of ether oxygens (including phenoxy) is 2. The van der Waals surface area contributed by atoms with E-state index in [4.69, 9.17) is 9.47 Å². The van der Waals surface area contributed by atoms with Crippen molar-refractivity contribution in [1.82, 2.24) is 4.90 Å². The highest BCUT2D eigenvalue weighted by Gasteiger charge is 2.29. The molecule has 1 atom stereocenters. The van der Waals surface area contributed by atoms with Crippen LogP contribution in [0.1, 0.15) is 54.6 Å². The van der Waals surface area contributed by atoms with Crippen molar-refractivity contribution < 1.29 is 19.1 Å². The SMILES string of the molecule is COCc1cc(Br)c(C(=O)C2CCCN(C(=O)OC(C)(C)C)CC2)s1. The Hall–Kier alpha value is -0.920. The van der Waals surface area contributed by atoms with E-state index in [1.807, 2.05) is 26.8 Å². The Balaban J connectivity index is 2.00. The van der Waals surface area contributed by atoms with Crippen LogP contribution in [0.15, 0.2) is 10.5 Å². The summed E-state index contributed by atoms with van der Waals surface area (Å²) in [6, 6.07) is 1.95. The molecule has 0 aromatic carbocycles. The Morgan fingerprint density at radius 1 is 1.32 bits per heavy atom. The lowest BCUT2D eigenvalue weighted by atomic mass is 9.95. The molecule has 0 radical (unpaired) electrons. The molecule has 5 nitrogen and oxygen atoms in total. The maximum atomic E-state index is 12.9. The van der Waals surface area contributed by atoms with Gasteiger partial charge < -0.3 is 14.4 Å². The highest BCUT2D eigenvalue weighted by molar-refractivity contribution is 9.10. The number of hydrogen-bond acceptors (Lipinski definition) is 5. The van der Waals surface area contributed by atoms with E-state index in [9.17, 15) is 9.59 Å². The van der Waals surface area contributed by atoms with Crippen molar-refractivity contribution in [2.45, 2.75) is 52.2 Å². The molecule has 1 aromatic rings. The zero-order valence-corrected chi connectivity index (χ0v) is 17.7. The molecule has 0 N–H and O–H groups in total. The quantitative estimate of drug-likeness (QED) is 0.637. The van der Waals surface area contributed by atoms with Crippen molar-refractivity contribution >= 4 is 39.1 Å². The van der Waals surface area contributed by atoms with Crippen molar-refractivity contribution in [3.8, 4) is 0 Å². The van der Waals surface area contributed by atoms with Crippen LogP contribution in [0, 0.1) is 5.92 Å². The number of amides is 1. The van der Waals surface area contributed by atoms with Gasteiger partial charge in [-0.2, -0.15) is 0 Å². The number of rotatable bonds is 4. The molecule has 1 aromatic heterocycles. The van der Waals surface area contributed by atoms with E-state index in [0.717, 1.165) is 27.1 Å². The van der Waals surface area contributed by atoms with E-state index in [0.29, 0.717) is 26.1 Å². The summed E-state index contributed by atoms with van der Waals surface area (Å²) in [6.45, 7) is 7.29. The Labute approximate surface area is 161 Å². The van der Waals surface area contributed by atoms with Gasteiger partial charge >= 0.3 is 6.09 Å². The van der Waals surface area contributed by atoms with Gasteiger partial charge in [0.15, 0.2) is 5.78 Å². The van der Waals surface area contributed by atoms with Crippen LogP contribution in [0.3, 0.4) is 0 Å². The van der Waals surface area contributed by atoms with Crippen LogP contribution in [0.25, 0.3) is 0 Å². The number of methoxy groups -OCH3 is 1. The molecule has 25 heavy (non-hydrogen) atoms. The van der Waals surface area contributed by atoms with Crippen molar-refractivity contribution in [1.29, 1.82) is 0 Å². The second kappa shape index (κ2) is 8.64. The lowest BCUT2D eigenvalue weighted by Crippen LogP contribution is -2.37. The third kappa shape index (κ3) is 5.79.